The molecule has 0 bridgehead atoms. The van der Waals surface area contributed by atoms with Crippen molar-refractivity contribution in [3.8, 4) is 0 Å². The summed E-state index contributed by atoms with van der Waals surface area (Å²) in [7, 11) is 1.00. The minimum atomic E-state index is -2.01. The Morgan fingerprint density at radius 2 is 1.42 bits per heavy atom. The summed E-state index contributed by atoms with van der Waals surface area (Å²) >= 11 is 0. The average molecular weight is 536 g/mol. The number of aliphatic hydroxyl groups is 4. The first-order valence-electron chi connectivity index (χ1n) is 8.39. The van der Waals surface area contributed by atoms with E-state index in [1.165, 1.54) is 0 Å². The minimum absolute atomic E-state index is 0. The molecule has 0 rings (SSSR count). The molecule has 190 valence electrons. The summed E-state index contributed by atoms with van der Waals surface area (Å²) in [6.07, 6.45) is -7.54. The standard InChI is InChI=1S/C14H24N4O10.CH4O.2ClH.Mg/c15-1-9(22)17-3-10(23)18-4-12(25)28-14(13(26)7(21)5-19)8(6-20)27-11(24)2-16;1-2;;;/h6-8,13-14,19,21,26H,1-5,15-16H2,(H,17,22)(H,18,23);2H,1H3;2*1H;/q;;;;+2/p-2/t7-,8+,13-,14-;;;;/m1..../s1. The van der Waals surface area contributed by atoms with Gasteiger partial charge in [0, 0.05) is 7.11 Å². The number of aldehydes is 1. The molecule has 10 N–H and O–H groups in total. The summed E-state index contributed by atoms with van der Waals surface area (Å²) in [6.45, 7) is -3.12. The molecule has 0 spiro atoms. The van der Waals surface area contributed by atoms with Crippen molar-refractivity contribution in [1.82, 2.24) is 10.6 Å². The molecule has 18 heteroatoms. The maximum absolute atomic E-state index is 11.9. The van der Waals surface area contributed by atoms with Crippen LogP contribution in [0, 0.1) is 0 Å². The van der Waals surface area contributed by atoms with Gasteiger partial charge in [0.05, 0.1) is 26.2 Å². The number of hydrogen-bond acceptors (Lipinski definition) is 13. The van der Waals surface area contributed by atoms with E-state index in [0.29, 0.717) is 0 Å². The number of halogens is 2. The van der Waals surface area contributed by atoms with Crippen LogP contribution in [0.2, 0.25) is 0 Å². The molecule has 0 fully saturated rings. The van der Waals surface area contributed by atoms with Crippen molar-refractivity contribution in [3.63, 3.8) is 0 Å². The van der Waals surface area contributed by atoms with Gasteiger partial charge in [-0.15, -0.1) is 0 Å². The number of nitrogens with two attached hydrogens (primary N) is 2. The van der Waals surface area contributed by atoms with E-state index in [2.05, 4.69) is 15.4 Å². The number of nitrogens with one attached hydrogen (secondary N) is 2. The molecule has 33 heavy (non-hydrogen) atoms. The van der Waals surface area contributed by atoms with Gasteiger partial charge in [0.1, 0.15) is 18.8 Å². The van der Waals surface area contributed by atoms with Crippen LogP contribution in [0.5, 0.6) is 0 Å². The molecular formula is C15H28Cl2MgN4O11. The Labute approximate surface area is 217 Å². The van der Waals surface area contributed by atoms with Crippen LogP contribution in [0.3, 0.4) is 0 Å². The normalized spacial score (nSPS) is 12.7. The zero-order chi connectivity index (χ0) is 23.7. The van der Waals surface area contributed by atoms with E-state index in [0.717, 1.165) is 7.11 Å². The largest absolute Gasteiger partial charge is 2.00 e. The monoisotopic (exact) mass is 534 g/mol. The van der Waals surface area contributed by atoms with Gasteiger partial charge in [0.25, 0.3) is 0 Å². The summed E-state index contributed by atoms with van der Waals surface area (Å²) in [5.41, 5.74) is 10.1. The van der Waals surface area contributed by atoms with Gasteiger partial charge >= 0.3 is 35.0 Å². The van der Waals surface area contributed by atoms with Crippen molar-refractivity contribution in [2.75, 3.05) is 39.9 Å². The Morgan fingerprint density at radius 3 is 1.85 bits per heavy atom. The fraction of sp³-hybridized carbons (Fsp3) is 0.667. The van der Waals surface area contributed by atoms with Crippen molar-refractivity contribution >= 4 is 53.1 Å². The Morgan fingerprint density at radius 1 is 0.909 bits per heavy atom. The molecule has 0 aliphatic carbocycles. The second-order valence-electron chi connectivity index (χ2n) is 5.25. The predicted molar refractivity (Wildman–Crippen MR) is 103 cm³/mol. The van der Waals surface area contributed by atoms with Gasteiger partial charge in [0.2, 0.25) is 11.8 Å². The van der Waals surface area contributed by atoms with Crippen LogP contribution in [0.15, 0.2) is 0 Å². The molecule has 0 unspecified atom stereocenters. The van der Waals surface area contributed by atoms with Crippen LogP contribution in [-0.4, -0.2) is 138 Å². The van der Waals surface area contributed by atoms with Gasteiger partial charge < -0.3 is 76.8 Å². The molecule has 0 aromatic carbocycles. The van der Waals surface area contributed by atoms with Crippen LogP contribution < -0.4 is 46.9 Å². The third kappa shape index (κ3) is 18.7. The van der Waals surface area contributed by atoms with Gasteiger partial charge in [-0.25, -0.2) is 0 Å². The summed E-state index contributed by atoms with van der Waals surface area (Å²) in [6, 6.07) is 0. The van der Waals surface area contributed by atoms with Crippen molar-refractivity contribution < 1.29 is 78.7 Å². The number of amides is 2. The molecule has 15 nitrogen and oxygen atoms in total. The van der Waals surface area contributed by atoms with Crippen LogP contribution in [0.25, 0.3) is 0 Å². The Kier molecular flexibility index (Phi) is 32.1. The van der Waals surface area contributed by atoms with E-state index in [1.807, 2.05) is 0 Å². The van der Waals surface area contributed by atoms with Crippen LogP contribution in [0.4, 0.5) is 0 Å². The second-order valence-corrected chi connectivity index (χ2v) is 5.25. The van der Waals surface area contributed by atoms with Crippen LogP contribution in [-0.2, 0) is 33.4 Å². The number of hydrogen-bond donors (Lipinski definition) is 8. The van der Waals surface area contributed by atoms with Crippen molar-refractivity contribution in [3.05, 3.63) is 0 Å². The maximum atomic E-state index is 11.9. The SMILES string of the molecule is CO.NCC(=O)NCC(=O)NCC(=O)O[C@@H]([C@H](O)[C@H](O)CO)[C@H](C=O)OC(=O)CN.[Cl-].[Cl-].[Mg+2]. The fourth-order valence-electron chi connectivity index (χ4n) is 1.71. The number of carbonyl (C=O) groups excluding carboxylic acids is 5. The van der Waals surface area contributed by atoms with E-state index in [1.54, 1.807) is 0 Å². The number of rotatable bonds is 13. The third-order valence-electron chi connectivity index (χ3n) is 3.14. The average Bonchev–Trinajstić information content (AvgIpc) is 2.77. The molecule has 4 atom stereocenters. The zero-order valence-electron chi connectivity index (χ0n) is 17.7. The van der Waals surface area contributed by atoms with Crippen LogP contribution >= 0.6 is 0 Å². The summed E-state index contributed by atoms with van der Waals surface area (Å²) in [5.74, 6) is -3.61. The molecule has 0 aromatic rings. The van der Waals surface area contributed by atoms with E-state index in [4.69, 9.17) is 26.4 Å². The second kappa shape index (κ2) is 25.3. The summed E-state index contributed by atoms with van der Waals surface area (Å²) in [5, 5.41) is 39.6. The van der Waals surface area contributed by atoms with Gasteiger partial charge in [-0.1, -0.05) is 0 Å². The Balaban J connectivity index is -0.000000507. The fourth-order valence-corrected chi connectivity index (χ4v) is 1.71. The van der Waals surface area contributed by atoms with E-state index >= 15 is 0 Å². The number of aliphatic hydroxyl groups excluding tert-OH is 4. The van der Waals surface area contributed by atoms with Gasteiger partial charge in [-0.3, -0.25) is 24.0 Å². The molecule has 2 amide bonds. The van der Waals surface area contributed by atoms with Crippen molar-refractivity contribution in [2.45, 2.75) is 24.4 Å². The van der Waals surface area contributed by atoms with Gasteiger partial charge in [-0.05, 0) is 0 Å². The first-order valence-corrected chi connectivity index (χ1v) is 8.39. The van der Waals surface area contributed by atoms with E-state index in [9.17, 15) is 34.2 Å². The molecule has 0 radical (unpaired) electrons. The third-order valence-corrected chi connectivity index (χ3v) is 3.14. The quantitative estimate of drug-likeness (QED) is 0.0619. The van der Waals surface area contributed by atoms with Crippen LogP contribution in [0.1, 0.15) is 0 Å². The van der Waals surface area contributed by atoms with Crippen molar-refractivity contribution in [2.24, 2.45) is 11.5 Å². The summed E-state index contributed by atoms with van der Waals surface area (Å²) < 4.78 is 9.42. The molecule has 0 saturated carbocycles. The molecule has 0 aromatic heterocycles. The Hall–Kier alpha value is -1.34. The Bertz CT molecular complexity index is 578. The predicted octanol–water partition coefficient (Wildman–Crippen LogP) is -12.9. The molecule has 0 aliphatic heterocycles. The molecule has 0 aliphatic rings. The molecule has 0 saturated heterocycles. The van der Waals surface area contributed by atoms with Gasteiger partial charge in [-0.2, -0.15) is 0 Å². The first-order chi connectivity index (χ1) is 14.2. The van der Waals surface area contributed by atoms with E-state index < -0.39 is 74.4 Å². The summed E-state index contributed by atoms with van der Waals surface area (Å²) in [4.78, 5) is 56.7. The van der Waals surface area contributed by atoms with Gasteiger partial charge in [0.15, 0.2) is 18.5 Å². The number of ether oxygens (including phenoxy) is 2. The molecular weight excluding hydrogens is 507 g/mol. The maximum Gasteiger partial charge on any atom is 2.00 e. The number of carbonyl (C=O) groups is 5. The first kappa shape index (κ1) is 41.9. The topological polar surface area (TPSA) is 261 Å². The minimum Gasteiger partial charge on any atom is -1.00 e. The van der Waals surface area contributed by atoms with Crippen molar-refractivity contribution in [1.29, 1.82) is 0 Å². The van der Waals surface area contributed by atoms with E-state index in [-0.39, 0.29) is 60.7 Å². The number of esters is 2. The zero-order valence-corrected chi connectivity index (χ0v) is 20.6. The smallest absolute Gasteiger partial charge is 1.00 e. The molecule has 0 heterocycles.